The molecule has 0 fully saturated rings. The summed E-state index contributed by atoms with van der Waals surface area (Å²) < 4.78 is 2.13. The van der Waals surface area contributed by atoms with Crippen molar-refractivity contribution in [3.05, 3.63) is 54.9 Å². The maximum absolute atomic E-state index is 2.27. The Morgan fingerprint density at radius 2 is 1.79 bits per heavy atom. The second-order valence-electron chi connectivity index (χ2n) is 4.20. The van der Waals surface area contributed by atoms with Gasteiger partial charge in [0.25, 0.3) is 0 Å². The first-order chi connectivity index (χ1) is 6.67. The second kappa shape index (κ2) is 3.33. The SMILES string of the molecule is CC1(C)C=CC=CC(n2cccc2)=C1. The fourth-order valence-corrected chi connectivity index (χ4v) is 1.60. The van der Waals surface area contributed by atoms with Gasteiger partial charge < -0.3 is 4.57 Å². The summed E-state index contributed by atoms with van der Waals surface area (Å²) in [5.74, 6) is 0. The molecule has 1 aliphatic rings. The monoisotopic (exact) mass is 185 g/mol. The van der Waals surface area contributed by atoms with E-state index in [1.165, 1.54) is 5.70 Å². The van der Waals surface area contributed by atoms with Gasteiger partial charge in [0.05, 0.1) is 0 Å². The third-order valence-corrected chi connectivity index (χ3v) is 2.33. The van der Waals surface area contributed by atoms with E-state index in [1.54, 1.807) is 0 Å². The fraction of sp³-hybridized carbons (Fsp3) is 0.231. The largest absolute Gasteiger partial charge is 0.324 e. The molecule has 2 rings (SSSR count). The van der Waals surface area contributed by atoms with E-state index in [0.717, 1.165) is 0 Å². The predicted octanol–water partition coefficient (Wildman–Crippen LogP) is 3.48. The summed E-state index contributed by atoms with van der Waals surface area (Å²) in [7, 11) is 0. The summed E-state index contributed by atoms with van der Waals surface area (Å²) in [4.78, 5) is 0. The number of nitrogens with zero attached hydrogens (tertiary/aromatic N) is 1. The molecule has 0 aliphatic heterocycles. The summed E-state index contributed by atoms with van der Waals surface area (Å²) in [6.45, 7) is 4.42. The van der Waals surface area contributed by atoms with Gasteiger partial charge in [0.2, 0.25) is 0 Å². The first-order valence-corrected chi connectivity index (χ1v) is 4.89. The zero-order valence-corrected chi connectivity index (χ0v) is 8.64. The lowest BCUT2D eigenvalue weighted by Crippen LogP contribution is -2.04. The Bertz CT molecular complexity index is 389. The molecule has 0 aromatic carbocycles. The van der Waals surface area contributed by atoms with Gasteiger partial charge in [-0.3, -0.25) is 0 Å². The van der Waals surface area contributed by atoms with Gasteiger partial charge in [0, 0.05) is 23.5 Å². The third-order valence-electron chi connectivity index (χ3n) is 2.33. The molecule has 1 aliphatic carbocycles. The highest BCUT2D eigenvalue weighted by atomic mass is 14.9. The standard InChI is InChI=1S/C13H15N/c1-13(2)8-4-3-7-12(11-13)14-9-5-6-10-14/h3-11H,1-2H3. The number of hydrogen-bond acceptors (Lipinski definition) is 0. The highest BCUT2D eigenvalue weighted by molar-refractivity contribution is 5.60. The van der Waals surface area contributed by atoms with Gasteiger partial charge in [-0.1, -0.05) is 38.2 Å². The van der Waals surface area contributed by atoms with Crippen molar-refractivity contribution in [2.75, 3.05) is 0 Å². The lowest BCUT2D eigenvalue weighted by Gasteiger charge is -2.15. The minimum atomic E-state index is 0.128. The maximum Gasteiger partial charge on any atom is 0.0417 e. The Morgan fingerprint density at radius 1 is 1.07 bits per heavy atom. The van der Waals surface area contributed by atoms with E-state index >= 15 is 0 Å². The molecule has 1 aromatic heterocycles. The normalized spacial score (nSPS) is 19.1. The van der Waals surface area contributed by atoms with Crippen LogP contribution in [0.4, 0.5) is 0 Å². The van der Waals surface area contributed by atoms with Crippen molar-refractivity contribution in [1.29, 1.82) is 0 Å². The van der Waals surface area contributed by atoms with Gasteiger partial charge in [-0.05, 0) is 18.2 Å². The molecule has 0 radical (unpaired) electrons. The van der Waals surface area contributed by atoms with Crippen LogP contribution in [0.5, 0.6) is 0 Å². The zero-order valence-electron chi connectivity index (χ0n) is 8.64. The maximum atomic E-state index is 2.27. The highest BCUT2D eigenvalue weighted by Crippen LogP contribution is 2.25. The van der Waals surface area contributed by atoms with E-state index in [-0.39, 0.29) is 5.41 Å². The molecule has 0 N–H and O–H groups in total. The van der Waals surface area contributed by atoms with Crippen LogP contribution in [0.3, 0.4) is 0 Å². The van der Waals surface area contributed by atoms with Crippen LogP contribution >= 0.6 is 0 Å². The molecule has 0 saturated carbocycles. The van der Waals surface area contributed by atoms with Crippen LogP contribution in [-0.2, 0) is 0 Å². The van der Waals surface area contributed by atoms with Gasteiger partial charge >= 0.3 is 0 Å². The van der Waals surface area contributed by atoms with E-state index in [0.29, 0.717) is 0 Å². The minimum Gasteiger partial charge on any atom is -0.324 e. The van der Waals surface area contributed by atoms with Crippen molar-refractivity contribution >= 4 is 5.70 Å². The predicted molar refractivity (Wildman–Crippen MR) is 60.8 cm³/mol. The molecule has 14 heavy (non-hydrogen) atoms. The van der Waals surface area contributed by atoms with Crippen LogP contribution < -0.4 is 0 Å². The molecule has 0 atom stereocenters. The zero-order chi connectivity index (χ0) is 10.0. The van der Waals surface area contributed by atoms with Crippen molar-refractivity contribution in [3.8, 4) is 0 Å². The molecule has 1 heteroatoms. The van der Waals surface area contributed by atoms with Crippen molar-refractivity contribution in [2.24, 2.45) is 5.41 Å². The van der Waals surface area contributed by atoms with Crippen LogP contribution in [0.1, 0.15) is 13.8 Å². The van der Waals surface area contributed by atoms with Crippen molar-refractivity contribution in [3.63, 3.8) is 0 Å². The summed E-state index contributed by atoms with van der Waals surface area (Å²) in [6.07, 6.45) is 14.9. The quantitative estimate of drug-likeness (QED) is 0.631. The van der Waals surface area contributed by atoms with Crippen LogP contribution in [0.2, 0.25) is 0 Å². The van der Waals surface area contributed by atoms with E-state index in [4.69, 9.17) is 0 Å². The average molecular weight is 185 g/mol. The van der Waals surface area contributed by atoms with E-state index in [1.807, 2.05) is 12.1 Å². The van der Waals surface area contributed by atoms with Crippen LogP contribution in [0.15, 0.2) is 54.9 Å². The van der Waals surface area contributed by atoms with Crippen LogP contribution in [-0.4, -0.2) is 4.57 Å². The average Bonchev–Trinajstić information content (AvgIpc) is 2.57. The number of aromatic nitrogens is 1. The minimum absolute atomic E-state index is 0.128. The molecular formula is C13H15N. The van der Waals surface area contributed by atoms with Gasteiger partial charge in [-0.2, -0.15) is 0 Å². The summed E-state index contributed by atoms with van der Waals surface area (Å²) in [5.41, 5.74) is 1.35. The number of rotatable bonds is 1. The molecular weight excluding hydrogens is 170 g/mol. The molecule has 0 bridgehead atoms. The molecule has 0 spiro atoms. The van der Waals surface area contributed by atoms with Gasteiger partial charge in [0.1, 0.15) is 0 Å². The summed E-state index contributed by atoms with van der Waals surface area (Å²) >= 11 is 0. The number of hydrogen-bond donors (Lipinski definition) is 0. The van der Waals surface area contributed by atoms with E-state index in [2.05, 4.69) is 61.2 Å². The lowest BCUT2D eigenvalue weighted by atomic mass is 9.92. The van der Waals surface area contributed by atoms with Crippen molar-refractivity contribution in [2.45, 2.75) is 13.8 Å². The Kier molecular flexibility index (Phi) is 2.16. The van der Waals surface area contributed by atoms with Gasteiger partial charge in [-0.15, -0.1) is 0 Å². The molecule has 0 saturated heterocycles. The fourth-order valence-electron chi connectivity index (χ4n) is 1.60. The Hall–Kier alpha value is -1.50. The van der Waals surface area contributed by atoms with Gasteiger partial charge in [0.15, 0.2) is 0 Å². The smallest absolute Gasteiger partial charge is 0.0417 e. The molecule has 72 valence electrons. The highest BCUT2D eigenvalue weighted by Gasteiger charge is 2.12. The second-order valence-corrected chi connectivity index (χ2v) is 4.20. The Labute approximate surface area is 85.1 Å². The van der Waals surface area contributed by atoms with E-state index in [9.17, 15) is 0 Å². The Morgan fingerprint density at radius 3 is 2.50 bits per heavy atom. The summed E-state index contributed by atoms with van der Waals surface area (Å²) in [6, 6.07) is 4.08. The van der Waals surface area contributed by atoms with Gasteiger partial charge in [-0.25, -0.2) is 0 Å². The Balaban J connectivity index is 2.41. The molecule has 1 heterocycles. The molecule has 0 unspecified atom stereocenters. The first-order valence-electron chi connectivity index (χ1n) is 4.89. The molecule has 1 aromatic rings. The first kappa shape index (κ1) is 9.07. The number of allylic oxidation sites excluding steroid dienone is 6. The lowest BCUT2D eigenvalue weighted by molar-refractivity contribution is 0.626. The molecule has 0 amide bonds. The summed E-state index contributed by atoms with van der Waals surface area (Å²) in [5, 5.41) is 0. The van der Waals surface area contributed by atoms with E-state index < -0.39 is 0 Å². The molecule has 1 nitrogen and oxygen atoms in total. The topological polar surface area (TPSA) is 4.93 Å². The van der Waals surface area contributed by atoms with Crippen molar-refractivity contribution in [1.82, 2.24) is 4.57 Å². The van der Waals surface area contributed by atoms with Crippen LogP contribution in [0, 0.1) is 5.41 Å². The van der Waals surface area contributed by atoms with Crippen molar-refractivity contribution < 1.29 is 0 Å². The third kappa shape index (κ3) is 1.87. The van der Waals surface area contributed by atoms with Crippen LogP contribution in [0.25, 0.3) is 5.70 Å².